The minimum Gasteiger partial charge on any atom is -0.469 e. The van der Waals surface area contributed by atoms with Gasteiger partial charge in [0, 0.05) is 13.1 Å². The van der Waals surface area contributed by atoms with E-state index in [1.54, 1.807) is 12.1 Å². The van der Waals surface area contributed by atoms with Crippen LogP contribution < -0.4 is 5.32 Å². The molecule has 0 aliphatic carbocycles. The molecule has 0 saturated carbocycles. The molecule has 0 aliphatic rings. The summed E-state index contributed by atoms with van der Waals surface area (Å²) in [6.45, 7) is 3.64. The van der Waals surface area contributed by atoms with Gasteiger partial charge in [-0.25, -0.2) is 4.39 Å². The van der Waals surface area contributed by atoms with Crippen LogP contribution in [0.3, 0.4) is 0 Å². The monoisotopic (exact) mass is 296 g/mol. The van der Waals surface area contributed by atoms with Gasteiger partial charge in [0.1, 0.15) is 5.82 Å². The summed E-state index contributed by atoms with van der Waals surface area (Å²) < 4.78 is 17.3. The van der Waals surface area contributed by atoms with Gasteiger partial charge in [-0.15, -0.1) is 0 Å². The van der Waals surface area contributed by atoms with Gasteiger partial charge in [0.05, 0.1) is 20.1 Å². The molecule has 0 radical (unpaired) electrons. The van der Waals surface area contributed by atoms with Crippen molar-refractivity contribution in [2.45, 2.75) is 19.9 Å². The average molecular weight is 296 g/mol. The summed E-state index contributed by atoms with van der Waals surface area (Å²) in [6.07, 6.45) is 0.260. The molecule has 1 N–H and O–H groups in total. The molecule has 0 saturated heterocycles. The van der Waals surface area contributed by atoms with Crippen molar-refractivity contribution in [1.82, 2.24) is 10.2 Å². The number of methoxy groups -OCH3 is 1. The molecule has 0 aliphatic heterocycles. The number of benzene rings is 1. The minimum atomic E-state index is -0.301. The molecular formula is C15H21FN2O3. The van der Waals surface area contributed by atoms with E-state index >= 15 is 0 Å². The lowest BCUT2D eigenvalue weighted by atomic mass is 10.2. The number of rotatable bonds is 8. The molecule has 0 atom stereocenters. The second kappa shape index (κ2) is 9.07. The third-order valence-corrected chi connectivity index (χ3v) is 3.08. The summed E-state index contributed by atoms with van der Waals surface area (Å²) in [5.74, 6) is -0.726. The molecule has 1 aromatic rings. The van der Waals surface area contributed by atoms with Crippen molar-refractivity contribution < 1.29 is 18.7 Å². The number of ether oxygens (including phenoxy) is 1. The lowest BCUT2D eigenvalue weighted by Crippen LogP contribution is -2.38. The Morgan fingerprint density at radius 1 is 1.29 bits per heavy atom. The van der Waals surface area contributed by atoms with Crippen LogP contribution in [0.4, 0.5) is 4.39 Å². The minimum absolute atomic E-state index is 0.133. The second-order valence-corrected chi connectivity index (χ2v) is 4.60. The number of amides is 1. The fourth-order valence-electron chi connectivity index (χ4n) is 1.76. The first kappa shape index (κ1) is 17.1. The van der Waals surface area contributed by atoms with Crippen LogP contribution in [0, 0.1) is 5.82 Å². The van der Waals surface area contributed by atoms with Gasteiger partial charge in [0.2, 0.25) is 5.91 Å². The summed E-state index contributed by atoms with van der Waals surface area (Å²) in [4.78, 5) is 24.8. The van der Waals surface area contributed by atoms with E-state index < -0.39 is 0 Å². The highest BCUT2D eigenvalue weighted by molar-refractivity contribution is 5.78. The van der Waals surface area contributed by atoms with E-state index in [4.69, 9.17) is 0 Å². The Morgan fingerprint density at radius 3 is 2.52 bits per heavy atom. The van der Waals surface area contributed by atoms with Crippen LogP contribution >= 0.6 is 0 Å². The molecule has 0 fully saturated rings. The number of likely N-dealkylation sites (N-methyl/N-ethyl adjacent to an activating group) is 1. The number of hydrogen-bond acceptors (Lipinski definition) is 4. The van der Waals surface area contributed by atoms with Crippen LogP contribution in [0.1, 0.15) is 18.9 Å². The van der Waals surface area contributed by atoms with Crippen molar-refractivity contribution in [3.8, 4) is 0 Å². The van der Waals surface area contributed by atoms with Crippen molar-refractivity contribution in [1.29, 1.82) is 0 Å². The van der Waals surface area contributed by atoms with Crippen molar-refractivity contribution in [2.24, 2.45) is 0 Å². The number of carbonyl (C=O) groups excluding carboxylic acids is 2. The van der Waals surface area contributed by atoms with Crippen molar-refractivity contribution in [2.75, 3.05) is 26.7 Å². The maximum atomic E-state index is 12.8. The van der Waals surface area contributed by atoms with Gasteiger partial charge in [-0.1, -0.05) is 19.1 Å². The Kier molecular flexibility index (Phi) is 7.39. The summed E-state index contributed by atoms with van der Waals surface area (Å²) >= 11 is 0. The van der Waals surface area contributed by atoms with Gasteiger partial charge in [0.15, 0.2) is 0 Å². The third-order valence-electron chi connectivity index (χ3n) is 3.08. The number of halogens is 1. The average Bonchev–Trinajstić information content (AvgIpc) is 2.50. The first-order chi connectivity index (χ1) is 10.0. The predicted octanol–water partition coefficient (Wildman–Crippen LogP) is 1.33. The zero-order valence-corrected chi connectivity index (χ0v) is 12.4. The molecule has 0 aromatic heterocycles. The van der Waals surface area contributed by atoms with E-state index in [-0.39, 0.29) is 30.7 Å². The topological polar surface area (TPSA) is 58.6 Å². The molecule has 21 heavy (non-hydrogen) atoms. The quantitative estimate of drug-likeness (QED) is 0.735. The molecule has 0 unspecified atom stereocenters. The lowest BCUT2D eigenvalue weighted by molar-refractivity contribution is -0.141. The highest BCUT2D eigenvalue weighted by Gasteiger charge is 2.11. The summed E-state index contributed by atoms with van der Waals surface area (Å²) in [7, 11) is 1.34. The van der Waals surface area contributed by atoms with Gasteiger partial charge in [-0.2, -0.15) is 0 Å². The maximum absolute atomic E-state index is 12.8. The fraction of sp³-hybridized carbons (Fsp3) is 0.467. The van der Waals surface area contributed by atoms with E-state index in [2.05, 4.69) is 10.1 Å². The fourth-order valence-corrected chi connectivity index (χ4v) is 1.76. The van der Waals surface area contributed by atoms with Crippen LogP contribution in [0.15, 0.2) is 24.3 Å². The Hall–Kier alpha value is -1.95. The largest absolute Gasteiger partial charge is 0.469 e. The van der Waals surface area contributed by atoms with Gasteiger partial charge in [0.25, 0.3) is 0 Å². The molecule has 116 valence electrons. The van der Waals surface area contributed by atoms with Crippen molar-refractivity contribution >= 4 is 11.9 Å². The highest BCUT2D eigenvalue weighted by Crippen LogP contribution is 2.02. The van der Waals surface area contributed by atoms with Crippen LogP contribution in [0.25, 0.3) is 0 Å². The van der Waals surface area contributed by atoms with E-state index in [9.17, 15) is 14.0 Å². The number of esters is 1. The lowest BCUT2D eigenvalue weighted by Gasteiger charge is -2.19. The third kappa shape index (κ3) is 6.85. The first-order valence-electron chi connectivity index (χ1n) is 6.85. The normalized spacial score (nSPS) is 10.5. The van der Waals surface area contributed by atoms with Gasteiger partial charge >= 0.3 is 5.97 Å². The van der Waals surface area contributed by atoms with Crippen molar-refractivity contribution in [3.63, 3.8) is 0 Å². The van der Waals surface area contributed by atoms with Gasteiger partial charge < -0.3 is 10.1 Å². The Morgan fingerprint density at radius 2 is 1.95 bits per heavy atom. The van der Waals surface area contributed by atoms with Crippen LogP contribution in [0.5, 0.6) is 0 Å². The van der Waals surface area contributed by atoms with E-state index in [0.29, 0.717) is 19.6 Å². The van der Waals surface area contributed by atoms with E-state index in [1.807, 2.05) is 11.8 Å². The van der Waals surface area contributed by atoms with Crippen molar-refractivity contribution in [3.05, 3.63) is 35.6 Å². The predicted molar refractivity (Wildman–Crippen MR) is 77.0 cm³/mol. The molecular weight excluding hydrogens is 275 g/mol. The molecule has 0 heterocycles. The van der Waals surface area contributed by atoms with E-state index in [1.165, 1.54) is 19.2 Å². The summed E-state index contributed by atoms with van der Waals surface area (Å²) in [5.41, 5.74) is 0.836. The smallest absolute Gasteiger partial charge is 0.306 e. The Labute approximate surface area is 124 Å². The molecule has 6 heteroatoms. The first-order valence-corrected chi connectivity index (χ1v) is 6.85. The highest BCUT2D eigenvalue weighted by atomic mass is 19.1. The zero-order valence-electron chi connectivity index (χ0n) is 12.4. The SMILES string of the molecule is CCN(CCC(=O)OC)CC(=O)NCc1ccc(F)cc1. The zero-order chi connectivity index (χ0) is 15.7. The molecule has 0 spiro atoms. The maximum Gasteiger partial charge on any atom is 0.306 e. The molecule has 1 aromatic carbocycles. The van der Waals surface area contributed by atoms with Gasteiger partial charge in [-0.05, 0) is 24.2 Å². The standard InChI is InChI=1S/C15H21FN2O3/c1-3-18(9-8-15(20)21-2)11-14(19)17-10-12-4-6-13(16)7-5-12/h4-7H,3,8-11H2,1-2H3,(H,17,19). The number of carbonyl (C=O) groups is 2. The number of nitrogens with zero attached hydrogens (tertiary/aromatic N) is 1. The summed E-state index contributed by atoms with van der Waals surface area (Å²) in [6, 6.07) is 5.97. The Bertz CT molecular complexity index is 462. The number of nitrogens with one attached hydrogen (secondary N) is 1. The van der Waals surface area contributed by atoms with Gasteiger partial charge in [-0.3, -0.25) is 14.5 Å². The number of hydrogen-bond donors (Lipinski definition) is 1. The Balaban J connectivity index is 2.33. The molecule has 1 amide bonds. The van der Waals surface area contributed by atoms with Crippen LogP contribution in [0.2, 0.25) is 0 Å². The molecule has 1 rings (SSSR count). The molecule has 5 nitrogen and oxygen atoms in total. The van der Waals surface area contributed by atoms with Crippen LogP contribution in [-0.2, 0) is 20.9 Å². The summed E-state index contributed by atoms with van der Waals surface area (Å²) in [5, 5.41) is 2.77. The molecule has 0 bridgehead atoms. The van der Waals surface area contributed by atoms with E-state index in [0.717, 1.165) is 5.56 Å². The second-order valence-electron chi connectivity index (χ2n) is 4.60. The van der Waals surface area contributed by atoms with Crippen LogP contribution in [-0.4, -0.2) is 43.5 Å².